The van der Waals surface area contributed by atoms with Gasteiger partial charge in [0.2, 0.25) is 0 Å². The van der Waals surface area contributed by atoms with Crippen molar-refractivity contribution in [3.63, 3.8) is 0 Å². The third-order valence-corrected chi connectivity index (χ3v) is 5.86. The van der Waals surface area contributed by atoms with Gasteiger partial charge in [-0.05, 0) is 74.8 Å². The largest absolute Gasteiger partial charge is 0.467 e. The number of hydrogen-bond donors (Lipinski definition) is 2. The van der Waals surface area contributed by atoms with Crippen molar-refractivity contribution < 1.29 is 4.42 Å². The smallest absolute Gasteiger partial charge is 0.173 e. The first-order chi connectivity index (χ1) is 14.5. The number of furan rings is 1. The van der Waals surface area contributed by atoms with E-state index < -0.39 is 0 Å². The summed E-state index contributed by atoms with van der Waals surface area (Å²) in [6.45, 7) is 7.76. The molecule has 5 heteroatoms. The molecule has 0 atom stereocenters. The van der Waals surface area contributed by atoms with Crippen LogP contribution in [0.25, 0.3) is 10.9 Å². The van der Waals surface area contributed by atoms with Crippen LogP contribution in [-0.4, -0.2) is 21.5 Å². The lowest BCUT2D eigenvalue weighted by atomic mass is 10.1. The molecule has 2 aromatic carbocycles. The van der Waals surface area contributed by atoms with E-state index in [1.807, 2.05) is 12.1 Å². The second kappa shape index (κ2) is 8.76. The van der Waals surface area contributed by atoms with Crippen molar-refractivity contribution in [2.24, 2.45) is 0 Å². The summed E-state index contributed by atoms with van der Waals surface area (Å²) in [5.41, 5.74) is 7.19. The van der Waals surface area contributed by atoms with Gasteiger partial charge in [0.15, 0.2) is 5.11 Å². The Kier molecular flexibility index (Phi) is 5.91. The minimum Gasteiger partial charge on any atom is -0.467 e. The highest BCUT2D eigenvalue weighted by molar-refractivity contribution is 7.80. The van der Waals surface area contributed by atoms with E-state index in [0.29, 0.717) is 11.7 Å². The Hall–Kier alpha value is -3.05. The number of rotatable bonds is 6. The maximum Gasteiger partial charge on any atom is 0.173 e. The van der Waals surface area contributed by atoms with E-state index in [-0.39, 0.29) is 0 Å². The van der Waals surface area contributed by atoms with Crippen LogP contribution in [0.15, 0.2) is 65.3 Å². The highest BCUT2D eigenvalue weighted by atomic mass is 32.1. The van der Waals surface area contributed by atoms with E-state index in [0.717, 1.165) is 24.4 Å². The van der Waals surface area contributed by atoms with Gasteiger partial charge in [0.05, 0.1) is 12.8 Å². The van der Waals surface area contributed by atoms with E-state index in [2.05, 4.69) is 78.4 Å². The summed E-state index contributed by atoms with van der Waals surface area (Å²) in [6.07, 6.45) is 2.60. The fourth-order valence-electron chi connectivity index (χ4n) is 3.89. The van der Waals surface area contributed by atoms with Crippen molar-refractivity contribution in [2.75, 3.05) is 11.9 Å². The van der Waals surface area contributed by atoms with Gasteiger partial charge in [0, 0.05) is 28.8 Å². The number of H-pyrrole nitrogens is 1. The zero-order chi connectivity index (χ0) is 21.1. The van der Waals surface area contributed by atoms with Crippen molar-refractivity contribution in [1.82, 2.24) is 9.88 Å². The van der Waals surface area contributed by atoms with Gasteiger partial charge >= 0.3 is 0 Å². The van der Waals surface area contributed by atoms with Crippen molar-refractivity contribution >= 4 is 33.9 Å². The molecule has 4 rings (SSSR count). The summed E-state index contributed by atoms with van der Waals surface area (Å²) < 4.78 is 5.60. The van der Waals surface area contributed by atoms with Gasteiger partial charge in [-0.25, -0.2) is 0 Å². The van der Waals surface area contributed by atoms with Crippen LogP contribution in [0, 0.1) is 20.8 Å². The fourth-order valence-corrected chi connectivity index (χ4v) is 4.16. The second-order valence-electron chi connectivity index (χ2n) is 7.77. The number of aromatic amines is 1. The molecule has 4 nitrogen and oxygen atoms in total. The lowest BCUT2D eigenvalue weighted by Gasteiger charge is -2.26. The van der Waals surface area contributed by atoms with Crippen molar-refractivity contribution in [3.05, 3.63) is 89.0 Å². The third kappa shape index (κ3) is 4.41. The van der Waals surface area contributed by atoms with Crippen LogP contribution in [0.4, 0.5) is 5.69 Å². The molecule has 0 saturated carbocycles. The molecule has 0 bridgehead atoms. The molecule has 0 saturated heterocycles. The van der Waals surface area contributed by atoms with Gasteiger partial charge in [0.1, 0.15) is 5.76 Å². The summed E-state index contributed by atoms with van der Waals surface area (Å²) in [5, 5.41) is 5.42. The molecule has 2 heterocycles. The number of aryl methyl sites for hydroxylation is 3. The van der Waals surface area contributed by atoms with Gasteiger partial charge in [-0.15, -0.1) is 0 Å². The third-order valence-electron chi connectivity index (χ3n) is 5.50. The molecule has 0 aliphatic heterocycles. The molecule has 0 aliphatic carbocycles. The minimum atomic E-state index is 0.630. The Labute approximate surface area is 182 Å². The first-order valence-electron chi connectivity index (χ1n) is 10.2. The molecule has 0 fully saturated rings. The Morgan fingerprint density at radius 3 is 2.67 bits per heavy atom. The molecule has 2 aromatic heterocycles. The summed E-state index contributed by atoms with van der Waals surface area (Å²) in [5.74, 6) is 0.899. The number of nitrogens with one attached hydrogen (secondary N) is 2. The normalized spacial score (nSPS) is 11.0. The number of benzene rings is 2. The average Bonchev–Trinajstić information content (AvgIpc) is 3.34. The monoisotopic (exact) mass is 417 g/mol. The van der Waals surface area contributed by atoms with E-state index in [4.69, 9.17) is 16.6 Å². The highest BCUT2D eigenvalue weighted by Crippen LogP contribution is 2.23. The number of fused-ring (bicyclic) bond motifs is 1. The van der Waals surface area contributed by atoms with Crippen LogP contribution in [0.5, 0.6) is 0 Å². The van der Waals surface area contributed by atoms with E-state index in [1.54, 1.807) is 6.26 Å². The molecular weight excluding hydrogens is 390 g/mol. The number of aromatic nitrogens is 1. The van der Waals surface area contributed by atoms with Gasteiger partial charge in [-0.1, -0.05) is 35.9 Å². The quantitative estimate of drug-likeness (QED) is 0.371. The van der Waals surface area contributed by atoms with Crippen molar-refractivity contribution in [1.29, 1.82) is 0 Å². The number of para-hydroxylation sites is 1. The Morgan fingerprint density at radius 2 is 1.90 bits per heavy atom. The fraction of sp³-hybridized carbons (Fsp3) is 0.240. The Bertz CT molecular complexity index is 1160. The minimum absolute atomic E-state index is 0.630. The lowest BCUT2D eigenvalue weighted by molar-refractivity contribution is 0.368. The molecule has 0 amide bonds. The van der Waals surface area contributed by atoms with Crippen LogP contribution in [0.1, 0.15) is 28.1 Å². The molecular formula is C25H27N3OS. The average molecular weight is 418 g/mol. The molecule has 4 aromatic rings. The predicted octanol–water partition coefficient (Wildman–Crippen LogP) is 6.13. The molecule has 0 unspecified atom stereocenters. The van der Waals surface area contributed by atoms with Crippen LogP contribution < -0.4 is 5.32 Å². The standard InChI is InChI=1S/C25H27N3OS/c1-17-10-11-23(18(2)15-17)27-25(30)28(16-20-7-6-14-29-20)13-12-21-19(3)26-24-9-5-4-8-22(21)24/h4-11,14-15,26H,12-13,16H2,1-3H3,(H,27,30). The molecule has 2 N–H and O–H groups in total. The Balaban J connectivity index is 1.54. The van der Waals surface area contributed by atoms with Crippen molar-refractivity contribution in [2.45, 2.75) is 33.7 Å². The maximum atomic E-state index is 5.81. The van der Waals surface area contributed by atoms with E-state index >= 15 is 0 Å². The van der Waals surface area contributed by atoms with Crippen LogP contribution in [0.3, 0.4) is 0 Å². The van der Waals surface area contributed by atoms with Crippen LogP contribution in [-0.2, 0) is 13.0 Å². The molecule has 0 radical (unpaired) electrons. The molecule has 154 valence electrons. The van der Waals surface area contributed by atoms with Gasteiger partial charge < -0.3 is 19.6 Å². The molecule has 0 spiro atoms. The summed E-state index contributed by atoms with van der Waals surface area (Å²) >= 11 is 5.81. The van der Waals surface area contributed by atoms with E-state index in [9.17, 15) is 0 Å². The predicted molar refractivity (Wildman–Crippen MR) is 128 cm³/mol. The molecule has 30 heavy (non-hydrogen) atoms. The van der Waals surface area contributed by atoms with Gasteiger partial charge in [0.25, 0.3) is 0 Å². The van der Waals surface area contributed by atoms with Gasteiger partial charge in [-0.3, -0.25) is 0 Å². The van der Waals surface area contributed by atoms with Gasteiger partial charge in [-0.2, -0.15) is 0 Å². The number of nitrogens with zero attached hydrogens (tertiary/aromatic N) is 1. The summed E-state index contributed by atoms with van der Waals surface area (Å²) in [7, 11) is 0. The zero-order valence-corrected chi connectivity index (χ0v) is 18.5. The number of thiocarbonyl (C=S) groups is 1. The SMILES string of the molecule is Cc1ccc(NC(=S)N(CCc2c(C)[nH]c3ccccc23)Cc2ccco2)c(C)c1. The maximum absolute atomic E-state index is 5.81. The Morgan fingerprint density at radius 1 is 1.07 bits per heavy atom. The van der Waals surface area contributed by atoms with Crippen LogP contribution in [0.2, 0.25) is 0 Å². The topological polar surface area (TPSA) is 44.2 Å². The zero-order valence-electron chi connectivity index (χ0n) is 17.7. The van der Waals surface area contributed by atoms with Crippen molar-refractivity contribution in [3.8, 4) is 0 Å². The van der Waals surface area contributed by atoms with Crippen LogP contribution >= 0.6 is 12.2 Å². The first-order valence-corrected chi connectivity index (χ1v) is 10.6. The second-order valence-corrected chi connectivity index (χ2v) is 8.16. The molecule has 0 aliphatic rings. The lowest BCUT2D eigenvalue weighted by Crippen LogP contribution is -2.36. The highest BCUT2D eigenvalue weighted by Gasteiger charge is 2.16. The van der Waals surface area contributed by atoms with E-state index in [1.165, 1.54) is 33.3 Å². The number of anilines is 1. The first kappa shape index (κ1) is 20.2. The number of hydrogen-bond acceptors (Lipinski definition) is 2. The summed E-state index contributed by atoms with van der Waals surface area (Å²) in [4.78, 5) is 5.67. The summed E-state index contributed by atoms with van der Waals surface area (Å²) in [6, 6.07) is 18.7.